The Morgan fingerprint density at radius 2 is 1.76 bits per heavy atom. The Hall–Kier alpha value is -3.01. The first-order valence-electron chi connectivity index (χ1n) is 10.7. The van der Waals surface area contributed by atoms with Crippen molar-refractivity contribution in [3.8, 4) is 6.07 Å². The fourth-order valence-electron chi connectivity index (χ4n) is 4.34. The molecule has 4 rings (SSSR count). The summed E-state index contributed by atoms with van der Waals surface area (Å²) >= 11 is 6.39. The summed E-state index contributed by atoms with van der Waals surface area (Å²) in [4.78, 5) is 4.30. The van der Waals surface area contributed by atoms with Gasteiger partial charge in [0, 0.05) is 42.9 Å². The number of nitrogens with zero attached hydrogens (tertiary/aromatic N) is 3. The van der Waals surface area contributed by atoms with E-state index < -0.39 is 11.7 Å². The van der Waals surface area contributed by atoms with Crippen molar-refractivity contribution in [2.75, 3.05) is 18.0 Å². The minimum Gasteiger partial charge on any atom is -0.363 e. The van der Waals surface area contributed by atoms with E-state index in [-0.39, 0.29) is 11.6 Å². The fourth-order valence-corrected chi connectivity index (χ4v) is 4.53. The first-order valence-corrected chi connectivity index (χ1v) is 11.1. The molecule has 1 unspecified atom stereocenters. The van der Waals surface area contributed by atoms with Crippen molar-refractivity contribution in [3.05, 3.63) is 100 Å². The van der Waals surface area contributed by atoms with Gasteiger partial charge in [-0.05, 0) is 41.8 Å². The van der Waals surface area contributed by atoms with E-state index in [4.69, 9.17) is 11.6 Å². The zero-order valence-electron chi connectivity index (χ0n) is 17.9. The van der Waals surface area contributed by atoms with Crippen molar-refractivity contribution in [1.82, 2.24) is 4.90 Å². The largest absolute Gasteiger partial charge is 0.417 e. The van der Waals surface area contributed by atoms with Gasteiger partial charge in [-0.1, -0.05) is 60.1 Å². The monoisotopic (exact) mass is 469 g/mol. The first kappa shape index (κ1) is 23.2. The standard InChI is InChI=1S/C26H23ClF3N3/c27-25-9-5-4-8-21(25)17-33(22-11-10-20(15-31)24(14-22)26(28,29)30)23-12-13-32(18-23)16-19-6-2-1-3-7-19/h1-11,14,23H,12-13,16-18H2. The molecule has 1 saturated heterocycles. The van der Waals surface area contributed by atoms with Crippen LogP contribution in [0.3, 0.4) is 0 Å². The maximum Gasteiger partial charge on any atom is 0.417 e. The van der Waals surface area contributed by atoms with E-state index in [1.807, 2.05) is 41.3 Å². The van der Waals surface area contributed by atoms with Crippen molar-refractivity contribution >= 4 is 17.3 Å². The Morgan fingerprint density at radius 1 is 1.03 bits per heavy atom. The summed E-state index contributed by atoms with van der Waals surface area (Å²) in [5, 5.41) is 9.76. The highest BCUT2D eigenvalue weighted by Gasteiger charge is 2.35. The molecule has 1 heterocycles. The van der Waals surface area contributed by atoms with Crippen LogP contribution in [-0.2, 0) is 19.3 Å². The van der Waals surface area contributed by atoms with Crippen LogP contribution >= 0.6 is 11.6 Å². The molecule has 0 aromatic heterocycles. The minimum atomic E-state index is -4.61. The highest BCUT2D eigenvalue weighted by molar-refractivity contribution is 6.31. The van der Waals surface area contributed by atoms with Crippen LogP contribution in [0.25, 0.3) is 0 Å². The molecule has 1 fully saturated rings. The number of halogens is 4. The van der Waals surface area contributed by atoms with E-state index >= 15 is 0 Å². The number of nitriles is 1. The number of rotatable bonds is 6. The third kappa shape index (κ3) is 5.50. The second kappa shape index (κ2) is 9.86. The summed E-state index contributed by atoms with van der Waals surface area (Å²) in [6, 6.07) is 23.1. The van der Waals surface area contributed by atoms with Gasteiger partial charge in [-0.2, -0.15) is 18.4 Å². The van der Waals surface area contributed by atoms with E-state index in [0.717, 1.165) is 37.7 Å². The zero-order chi connectivity index (χ0) is 23.4. The molecule has 0 spiro atoms. The normalized spacial score (nSPS) is 16.5. The van der Waals surface area contributed by atoms with Crippen molar-refractivity contribution in [2.24, 2.45) is 0 Å². The molecular formula is C26H23ClF3N3. The van der Waals surface area contributed by atoms with E-state index in [2.05, 4.69) is 17.0 Å². The van der Waals surface area contributed by atoms with Gasteiger partial charge in [0.05, 0.1) is 17.2 Å². The van der Waals surface area contributed by atoms with Crippen molar-refractivity contribution < 1.29 is 13.2 Å². The minimum absolute atomic E-state index is 0.0130. The first-order chi connectivity index (χ1) is 15.8. The van der Waals surface area contributed by atoms with Gasteiger partial charge in [-0.3, -0.25) is 4.90 Å². The van der Waals surface area contributed by atoms with Crippen molar-refractivity contribution in [2.45, 2.75) is 31.7 Å². The number of alkyl halides is 3. The molecule has 1 atom stereocenters. The number of hydrogen-bond donors (Lipinski definition) is 0. The lowest BCUT2D eigenvalue weighted by molar-refractivity contribution is -0.137. The molecule has 7 heteroatoms. The molecule has 3 aromatic rings. The highest BCUT2D eigenvalue weighted by Crippen LogP contribution is 2.36. The Morgan fingerprint density at radius 3 is 2.45 bits per heavy atom. The van der Waals surface area contributed by atoms with Gasteiger partial charge >= 0.3 is 6.18 Å². The van der Waals surface area contributed by atoms with Crippen LogP contribution in [0.4, 0.5) is 18.9 Å². The molecule has 0 saturated carbocycles. The average molecular weight is 470 g/mol. The Kier molecular flexibility index (Phi) is 6.92. The van der Waals surface area contributed by atoms with Crippen LogP contribution in [0.2, 0.25) is 5.02 Å². The molecule has 0 N–H and O–H groups in total. The lowest BCUT2D eigenvalue weighted by Gasteiger charge is -2.32. The molecule has 1 aliphatic heterocycles. The summed E-state index contributed by atoms with van der Waals surface area (Å²) in [5.41, 5.74) is 1.20. The van der Waals surface area contributed by atoms with Gasteiger partial charge < -0.3 is 4.90 Å². The maximum atomic E-state index is 13.7. The second-order valence-corrected chi connectivity index (χ2v) is 8.63. The van der Waals surface area contributed by atoms with E-state index in [0.29, 0.717) is 17.3 Å². The van der Waals surface area contributed by atoms with Crippen LogP contribution in [0, 0.1) is 11.3 Å². The van der Waals surface area contributed by atoms with Crippen LogP contribution < -0.4 is 4.90 Å². The van der Waals surface area contributed by atoms with E-state index in [1.54, 1.807) is 18.2 Å². The van der Waals surface area contributed by atoms with Crippen LogP contribution in [-0.4, -0.2) is 24.0 Å². The second-order valence-electron chi connectivity index (χ2n) is 8.22. The van der Waals surface area contributed by atoms with Crippen molar-refractivity contribution in [1.29, 1.82) is 5.26 Å². The number of likely N-dealkylation sites (tertiary alicyclic amines) is 1. The van der Waals surface area contributed by atoms with Gasteiger partial charge in [0.15, 0.2) is 0 Å². The van der Waals surface area contributed by atoms with Crippen LogP contribution in [0.5, 0.6) is 0 Å². The number of hydrogen-bond acceptors (Lipinski definition) is 3. The summed E-state index contributed by atoms with van der Waals surface area (Å²) < 4.78 is 41.0. The molecule has 0 radical (unpaired) electrons. The molecule has 0 amide bonds. The van der Waals surface area contributed by atoms with Crippen molar-refractivity contribution in [3.63, 3.8) is 0 Å². The topological polar surface area (TPSA) is 30.3 Å². The summed E-state index contributed by atoms with van der Waals surface area (Å²) in [6.07, 6.45) is -3.79. The molecule has 170 valence electrons. The Balaban J connectivity index is 1.65. The lowest BCUT2D eigenvalue weighted by atomic mass is 10.0. The van der Waals surface area contributed by atoms with Gasteiger partial charge in [0.2, 0.25) is 0 Å². The third-order valence-electron chi connectivity index (χ3n) is 6.00. The van der Waals surface area contributed by atoms with Crippen LogP contribution in [0.15, 0.2) is 72.8 Å². The molecule has 0 bridgehead atoms. The van der Waals surface area contributed by atoms with Gasteiger partial charge in [0.1, 0.15) is 0 Å². The Labute approximate surface area is 196 Å². The molecular weight excluding hydrogens is 447 g/mol. The molecule has 3 aromatic carbocycles. The maximum absolute atomic E-state index is 13.7. The molecule has 0 aliphatic carbocycles. The smallest absolute Gasteiger partial charge is 0.363 e. The third-order valence-corrected chi connectivity index (χ3v) is 6.37. The number of benzene rings is 3. The van der Waals surface area contributed by atoms with E-state index in [1.165, 1.54) is 11.6 Å². The predicted molar refractivity (Wildman–Crippen MR) is 124 cm³/mol. The molecule has 33 heavy (non-hydrogen) atoms. The van der Waals surface area contributed by atoms with E-state index in [9.17, 15) is 18.4 Å². The average Bonchev–Trinajstić information content (AvgIpc) is 3.26. The number of anilines is 1. The quantitative estimate of drug-likeness (QED) is 0.412. The lowest BCUT2D eigenvalue weighted by Crippen LogP contribution is -2.37. The zero-order valence-corrected chi connectivity index (χ0v) is 18.7. The SMILES string of the molecule is N#Cc1ccc(N(Cc2ccccc2Cl)C2CCN(Cc3ccccc3)C2)cc1C(F)(F)F. The fraction of sp³-hybridized carbons (Fsp3) is 0.269. The predicted octanol–water partition coefficient (Wildman–Crippen LogP) is 6.51. The van der Waals surface area contributed by atoms with Crippen LogP contribution in [0.1, 0.15) is 28.7 Å². The summed E-state index contributed by atoms with van der Waals surface area (Å²) in [5.74, 6) is 0. The highest BCUT2D eigenvalue weighted by atomic mass is 35.5. The summed E-state index contributed by atoms with van der Waals surface area (Å²) in [6.45, 7) is 2.74. The molecule has 1 aliphatic rings. The van der Waals surface area contributed by atoms with Gasteiger partial charge in [0.25, 0.3) is 0 Å². The van der Waals surface area contributed by atoms with Gasteiger partial charge in [-0.15, -0.1) is 0 Å². The van der Waals surface area contributed by atoms with Gasteiger partial charge in [-0.25, -0.2) is 0 Å². The molecule has 3 nitrogen and oxygen atoms in total. The summed E-state index contributed by atoms with van der Waals surface area (Å²) in [7, 11) is 0. The Bertz CT molecular complexity index is 1140.